The lowest BCUT2D eigenvalue weighted by molar-refractivity contribution is 0.406. The third kappa shape index (κ3) is 2.81. The summed E-state index contributed by atoms with van der Waals surface area (Å²) < 4.78 is 9.47. The van der Waals surface area contributed by atoms with E-state index in [1.807, 2.05) is 27.1 Å². The molecule has 0 radical (unpaired) electrons. The van der Waals surface area contributed by atoms with Crippen LogP contribution in [0.1, 0.15) is 33.4 Å². The van der Waals surface area contributed by atoms with Crippen LogP contribution in [-0.2, 0) is 6.42 Å². The summed E-state index contributed by atoms with van der Waals surface area (Å²) in [6.07, 6.45) is 2.66. The molecule has 0 amide bonds. The predicted octanol–water partition coefficient (Wildman–Crippen LogP) is 2.37. The zero-order valence-corrected chi connectivity index (χ0v) is 13.3. The molecule has 0 saturated heterocycles. The van der Waals surface area contributed by atoms with Crippen LogP contribution in [0.4, 0.5) is 0 Å². The lowest BCUT2D eigenvalue weighted by Gasteiger charge is -2.17. The predicted molar refractivity (Wildman–Crippen MR) is 80.4 cm³/mol. The van der Waals surface area contributed by atoms with Gasteiger partial charge < -0.3 is 10.1 Å². The van der Waals surface area contributed by atoms with E-state index >= 15 is 0 Å². The van der Waals surface area contributed by atoms with Crippen molar-refractivity contribution in [2.45, 2.75) is 33.2 Å². The summed E-state index contributed by atoms with van der Waals surface area (Å²) in [6.45, 7) is 6.05. The number of hydrogen-bond donors (Lipinski definition) is 1. The van der Waals surface area contributed by atoms with Gasteiger partial charge in [0.15, 0.2) is 0 Å². The summed E-state index contributed by atoms with van der Waals surface area (Å²) in [6, 6.07) is 0.175. The van der Waals surface area contributed by atoms with Crippen LogP contribution in [-0.4, -0.2) is 28.7 Å². The van der Waals surface area contributed by atoms with E-state index in [0.717, 1.165) is 39.6 Å². The van der Waals surface area contributed by atoms with Crippen molar-refractivity contribution < 1.29 is 4.74 Å². The van der Waals surface area contributed by atoms with Gasteiger partial charge in [-0.05, 0) is 39.4 Å². The highest BCUT2D eigenvalue weighted by Gasteiger charge is 2.19. The molecule has 0 aromatic carbocycles. The van der Waals surface area contributed by atoms with E-state index in [4.69, 9.17) is 4.74 Å². The van der Waals surface area contributed by atoms with Crippen LogP contribution in [0.5, 0.6) is 5.75 Å². The molecule has 1 unspecified atom stereocenters. The fourth-order valence-corrected chi connectivity index (χ4v) is 3.11. The summed E-state index contributed by atoms with van der Waals surface area (Å²) in [5, 5.41) is 7.40. The molecule has 0 aliphatic carbocycles. The Labute approximate surface area is 123 Å². The van der Waals surface area contributed by atoms with Gasteiger partial charge in [0.1, 0.15) is 5.75 Å². The molecule has 2 heterocycles. The van der Waals surface area contributed by atoms with Gasteiger partial charge in [0, 0.05) is 29.4 Å². The second-order valence-corrected chi connectivity index (χ2v) is 5.60. The lowest BCUT2D eigenvalue weighted by atomic mass is 10.0. The summed E-state index contributed by atoms with van der Waals surface area (Å²) in [4.78, 5) is 5.72. The minimum Gasteiger partial charge on any atom is -0.496 e. The SMILES string of the molecule is CNC(Cc1ncc(C)c(OC)c1C)c1snnc1C. The fraction of sp³-hybridized carbons (Fsp3) is 0.500. The van der Waals surface area contributed by atoms with Gasteiger partial charge in [-0.2, -0.15) is 0 Å². The van der Waals surface area contributed by atoms with Gasteiger partial charge in [0.25, 0.3) is 0 Å². The molecule has 20 heavy (non-hydrogen) atoms. The van der Waals surface area contributed by atoms with Crippen molar-refractivity contribution in [1.82, 2.24) is 19.9 Å². The maximum Gasteiger partial charge on any atom is 0.128 e. The van der Waals surface area contributed by atoms with Crippen LogP contribution in [0.2, 0.25) is 0 Å². The first-order valence-corrected chi connectivity index (χ1v) is 7.31. The Kier molecular flexibility index (Phi) is 4.67. The molecule has 1 atom stereocenters. The Morgan fingerprint density at radius 1 is 1.35 bits per heavy atom. The first-order valence-electron chi connectivity index (χ1n) is 6.53. The molecule has 6 heteroatoms. The standard InChI is InChI=1S/C14H20N4OS/c1-8-7-16-11(9(2)13(8)19-5)6-12(15-4)14-10(3)17-18-20-14/h7,12,15H,6H2,1-5H3. The minimum absolute atomic E-state index is 0.175. The highest BCUT2D eigenvalue weighted by Crippen LogP contribution is 2.28. The van der Waals surface area contributed by atoms with E-state index in [1.54, 1.807) is 7.11 Å². The number of nitrogens with zero attached hydrogens (tertiary/aromatic N) is 3. The number of ether oxygens (including phenoxy) is 1. The Balaban J connectivity index is 2.31. The minimum atomic E-state index is 0.175. The first kappa shape index (κ1) is 14.9. The number of methoxy groups -OCH3 is 1. The van der Waals surface area contributed by atoms with E-state index in [2.05, 4.69) is 26.8 Å². The van der Waals surface area contributed by atoms with Crippen LogP contribution < -0.4 is 10.1 Å². The quantitative estimate of drug-likeness (QED) is 0.917. The summed E-state index contributed by atoms with van der Waals surface area (Å²) in [7, 11) is 3.65. The number of aromatic nitrogens is 3. The molecule has 2 rings (SSSR count). The third-order valence-corrected chi connectivity index (χ3v) is 4.44. The zero-order chi connectivity index (χ0) is 14.7. The van der Waals surface area contributed by atoms with E-state index < -0.39 is 0 Å². The molecule has 108 valence electrons. The van der Waals surface area contributed by atoms with Crippen LogP contribution in [0.3, 0.4) is 0 Å². The Morgan fingerprint density at radius 2 is 2.10 bits per heavy atom. The van der Waals surface area contributed by atoms with E-state index in [-0.39, 0.29) is 6.04 Å². The third-order valence-electron chi connectivity index (χ3n) is 3.50. The molecule has 0 spiro atoms. The Morgan fingerprint density at radius 3 is 2.65 bits per heavy atom. The number of aryl methyl sites for hydroxylation is 2. The molecule has 0 aliphatic rings. The average molecular weight is 292 g/mol. The molecule has 0 saturated carbocycles. The first-order chi connectivity index (χ1) is 9.58. The molecule has 0 aliphatic heterocycles. The van der Waals surface area contributed by atoms with Crippen molar-refractivity contribution >= 4 is 11.5 Å². The highest BCUT2D eigenvalue weighted by molar-refractivity contribution is 7.05. The smallest absolute Gasteiger partial charge is 0.128 e. The van der Waals surface area contributed by atoms with E-state index in [1.165, 1.54) is 11.5 Å². The Bertz CT molecular complexity index is 597. The number of likely N-dealkylation sites (N-methyl/N-ethyl adjacent to an activating group) is 1. The van der Waals surface area contributed by atoms with E-state index in [0.29, 0.717) is 0 Å². The molecule has 2 aromatic heterocycles. The second-order valence-electron chi connectivity index (χ2n) is 4.81. The van der Waals surface area contributed by atoms with Crippen molar-refractivity contribution in [2.75, 3.05) is 14.2 Å². The monoisotopic (exact) mass is 292 g/mol. The zero-order valence-electron chi connectivity index (χ0n) is 12.5. The van der Waals surface area contributed by atoms with Crippen LogP contribution >= 0.6 is 11.5 Å². The fourth-order valence-electron chi connectivity index (χ4n) is 2.35. The van der Waals surface area contributed by atoms with Crippen LogP contribution in [0, 0.1) is 20.8 Å². The van der Waals surface area contributed by atoms with Crippen molar-refractivity contribution in [1.29, 1.82) is 0 Å². The van der Waals surface area contributed by atoms with Crippen LogP contribution in [0.15, 0.2) is 6.20 Å². The van der Waals surface area contributed by atoms with Gasteiger partial charge in [-0.15, -0.1) is 5.10 Å². The highest BCUT2D eigenvalue weighted by atomic mass is 32.1. The molecule has 0 bridgehead atoms. The Hall–Kier alpha value is -1.53. The van der Waals surface area contributed by atoms with Gasteiger partial charge in [-0.25, -0.2) is 0 Å². The molecule has 0 fully saturated rings. The topological polar surface area (TPSA) is 59.9 Å². The van der Waals surface area contributed by atoms with Gasteiger partial charge in [-0.3, -0.25) is 4.98 Å². The number of pyridine rings is 1. The van der Waals surface area contributed by atoms with Crippen molar-refractivity contribution in [3.63, 3.8) is 0 Å². The normalized spacial score (nSPS) is 12.4. The maximum atomic E-state index is 5.46. The summed E-state index contributed by atoms with van der Waals surface area (Å²) in [5.74, 6) is 0.920. The maximum absolute atomic E-state index is 5.46. The van der Waals surface area contributed by atoms with Crippen molar-refractivity contribution in [3.8, 4) is 5.75 Å². The molecule has 1 N–H and O–H groups in total. The molecule has 5 nitrogen and oxygen atoms in total. The molecule has 2 aromatic rings. The summed E-state index contributed by atoms with van der Waals surface area (Å²) >= 11 is 1.44. The summed E-state index contributed by atoms with van der Waals surface area (Å²) in [5.41, 5.74) is 4.18. The largest absolute Gasteiger partial charge is 0.496 e. The van der Waals surface area contributed by atoms with Gasteiger partial charge in [-0.1, -0.05) is 4.49 Å². The molecular weight excluding hydrogens is 272 g/mol. The molecular formula is C14H20N4OS. The number of rotatable bonds is 5. The lowest BCUT2D eigenvalue weighted by Crippen LogP contribution is -2.20. The van der Waals surface area contributed by atoms with Gasteiger partial charge >= 0.3 is 0 Å². The van der Waals surface area contributed by atoms with Gasteiger partial charge in [0.05, 0.1) is 23.7 Å². The van der Waals surface area contributed by atoms with Crippen LogP contribution in [0.25, 0.3) is 0 Å². The van der Waals surface area contributed by atoms with Crippen molar-refractivity contribution in [3.05, 3.63) is 33.6 Å². The van der Waals surface area contributed by atoms with E-state index in [9.17, 15) is 0 Å². The number of hydrogen-bond acceptors (Lipinski definition) is 6. The van der Waals surface area contributed by atoms with Gasteiger partial charge in [0.2, 0.25) is 0 Å². The second kappa shape index (κ2) is 6.28. The number of nitrogens with one attached hydrogen (secondary N) is 1. The average Bonchev–Trinajstić information content (AvgIpc) is 2.85. The van der Waals surface area contributed by atoms with Crippen molar-refractivity contribution in [2.24, 2.45) is 0 Å².